The van der Waals surface area contributed by atoms with Crippen LogP contribution in [0.2, 0.25) is 0 Å². The summed E-state index contributed by atoms with van der Waals surface area (Å²) in [6.45, 7) is 0. The summed E-state index contributed by atoms with van der Waals surface area (Å²) in [5.41, 5.74) is -0.877. The second-order valence-corrected chi connectivity index (χ2v) is 1.90. The summed E-state index contributed by atoms with van der Waals surface area (Å²) in [4.78, 5) is 12.0. The summed E-state index contributed by atoms with van der Waals surface area (Å²) in [6.07, 6.45) is -4.58. The van der Waals surface area contributed by atoms with Gasteiger partial charge in [-0.15, -0.1) is 5.10 Å². The molecule has 0 aromatic carbocycles. The highest BCUT2D eigenvalue weighted by molar-refractivity contribution is 4.87. The van der Waals surface area contributed by atoms with Gasteiger partial charge < -0.3 is 0 Å². The first kappa shape index (κ1) is 7.83. The van der Waals surface area contributed by atoms with Crippen LogP contribution in [0.25, 0.3) is 0 Å². The monoisotopic (exact) mass is 167 g/mol. The van der Waals surface area contributed by atoms with E-state index in [0.717, 1.165) is 7.05 Å². The van der Waals surface area contributed by atoms with Gasteiger partial charge in [0.1, 0.15) is 0 Å². The zero-order valence-electron chi connectivity index (χ0n) is 5.44. The second kappa shape index (κ2) is 2.11. The molecule has 0 spiro atoms. The number of halogens is 3. The number of rotatable bonds is 0. The second-order valence-electron chi connectivity index (χ2n) is 1.90. The van der Waals surface area contributed by atoms with E-state index in [1.807, 2.05) is 0 Å². The van der Waals surface area contributed by atoms with Crippen molar-refractivity contribution in [3.63, 3.8) is 0 Å². The van der Waals surface area contributed by atoms with E-state index in [1.54, 1.807) is 4.98 Å². The van der Waals surface area contributed by atoms with E-state index in [1.165, 1.54) is 0 Å². The maximum Gasteiger partial charge on any atom is 0.451 e. The van der Waals surface area contributed by atoms with Crippen molar-refractivity contribution in [2.45, 2.75) is 6.18 Å². The van der Waals surface area contributed by atoms with Crippen molar-refractivity contribution in [2.24, 2.45) is 7.05 Å². The molecule has 1 rings (SSSR count). The van der Waals surface area contributed by atoms with Crippen LogP contribution in [-0.4, -0.2) is 14.8 Å². The number of alkyl halides is 3. The predicted molar refractivity (Wildman–Crippen MR) is 28.8 cm³/mol. The molecule has 0 aliphatic heterocycles. The minimum atomic E-state index is -4.58. The van der Waals surface area contributed by atoms with Gasteiger partial charge in [0.2, 0.25) is 5.82 Å². The average molecular weight is 167 g/mol. The Morgan fingerprint density at radius 3 is 2.27 bits per heavy atom. The molecular weight excluding hydrogens is 163 g/mol. The van der Waals surface area contributed by atoms with E-state index in [4.69, 9.17) is 0 Å². The molecule has 0 aliphatic carbocycles. The van der Waals surface area contributed by atoms with Gasteiger partial charge in [-0.1, -0.05) is 0 Å². The summed E-state index contributed by atoms with van der Waals surface area (Å²) >= 11 is 0. The van der Waals surface area contributed by atoms with Crippen LogP contribution in [0, 0.1) is 0 Å². The molecule has 0 amide bonds. The largest absolute Gasteiger partial charge is 0.451 e. The third-order valence-electron chi connectivity index (χ3n) is 1.04. The fourth-order valence-electron chi connectivity index (χ4n) is 0.530. The van der Waals surface area contributed by atoms with Gasteiger partial charge in [0.15, 0.2) is 0 Å². The highest BCUT2D eigenvalue weighted by Crippen LogP contribution is 2.24. The van der Waals surface area contributed by atoms with Gasteiger partial charge in [-0.05, 0) is 0 Å². The molecule has 11 heavy (non-hydrogen) atoms. The SMILES string of the molecule is Cn1nc(C(F)(F)F)[nH]c1=O. The Bertz CT molecular complexity index is 309. The molecule has 7 heteroatoms. The zero-order chi connectivity index (χ0) is 8.65. The van der Waals surface area contributed by atoms with Gasteiger partial charge in [0.05, 0.1) is 0 Å². The minimum absolute atomic E-state index is 0.586. The highest BCUT2D eigenvalue weighted by Gasteiger charge is 2.35. The van der Waals surface area contributed by atoms with Gasteiger partial charge >= 0.3 is 11.9 Å². The number of nitrogens with one attached hydrogen (secondary N) is 1. The number of aryl methyl sites for hydroxylation is 1. The van der Waals surface area contributed by atoms with Crippen LogP contribution >= 0.6 is 0 Å². The maximum atomic E-state index is 11.7. The molecule has 0 saturated heterocycles. The number of H-pyrrole nitrogens is 1. The van der Waals surface area contributed by atoms with Crippen molar-refractivity contribution in [1.82, 2.24) is 14.8 Å². The van der Waals surface area contributed by atoms with Crippen LogP contribution in [0.4, 0.5) is 13.2 Å². The zero-order valence-corrected chi connectivity index (χ0v) is 5.44. The van der Waals surface area contributed by atoms with Crippen molar-refractivity contribution < 1.29 is 13.2 Å². The fourth-order valence-corrected chi connectivity index (χ4v) is 0.530. The van der Waals surface area contributed by atoms with E-state index < -0.39 is 17.7 Å². The molecule has 0 bridgehead atoms. The van der Waals surface area contributed by atoms with Crippen molar-refractivity contribution in [3.05, 3.63) is 16.3 Å². The average Bonchev–Trinajstić information content (AvgIpc) is 2.11. The van der Waals surface area contributed by atoms with Crippen LogP contribution in [0.1, 0.15) is 5.82 Å². The summed E-state index contributed by atoms with van der Waals surface area (Å²) in [5.74, 6) is -1.27. The van der Waals surface area contributed by atoms with E-state index in [9.17, 15) is 18.0 Å². The first-order valence-corrected chi connectivity index (χ1v) is 2.62. The van der Waals surface area contributed by atoms with Gasteiger partial charge in [0.25, 0.3) is 0 Å². The summed E-state index contributed by atoms with van der Waals surface area (Å²) < 4.78 is 35.8. The molecular formula is C4H4F3N3O. The van der Waals surface area contributed by atoms with Crippen molar-refractivity contribution in [2.75, 3.05) is 0 Å². The van der Waals surface area contributed by atoms with Gasteiger partial charge in [0, 0.05) is 7.05 Å². The number of hydrogen-bond donors (Lipinski definition) is 1. The lowest BCUT2D eigenvalue weighted by Gasteiger charge is -1.97. The molecule has 1 N–H and O–H groups in total. The Morgan fingerprint density at radius 2 is 2.09 bits per heavy atom. The molecule has 62 valence electrons. The first-order chi connectivity index (χ1) is 4.91. The van der Waals surface area contributed by atoms with Crippen LogP contribution in [-0.2, 0) is 13.2 Å². The van der Waals surface area contributed by atoms with Crippen LogP contribution in [0.3, 0.4) is 0 Å². The molecule has 0 fully saturated rings. The Kier molecular flexibility index (Phi) is 1.50. The normalized spacial score (nSPS) is 12.0. The highest BCUT2D eigenvalue weighted by atomic mass is 19.4. The Balaban J connectivity index is 3.18. The lowest BCUT2D eigenvalue weighted by Crippen LogP contribution is -2.13. The number of nitrogens with zero attached hydrogens (tertiary/aromatic N) is 2. The Hall–Kier alpha value is -1.27. The summed E-state index contributed by atoms with van der Waals surface area (Å²) in [6, 6.07) is 0. The van der Waals surface area contributed by atoms with Crippen LogP contribution in [0.15, 0.2) is 4.79 Å². The topological polar surface area (TPSA) is 50.7 Å². The van der Waals surface area contributed by atoms with Crippen molar-refractivity contribution in [1.29, 1.82) is 0 Å². The number of aromatic amines is 1. The lowest BCUT2D eigenvalue weighted by molar-refractivity contribution is -0.145. The first-order valence-electron chi connectivity index (χ1n) is 2.62. The number of hydrogen-bond acceptors (Lipinski definition) is 2. The van der Waals surface area contributed by atoms with Crippen molar-refractivity contribution in [3.8, 4) is 0 Å². The Morgan fingerprint density at radius 1 is 1.55 bits per heavy atom. The minimum Gasteiger partial charge on any atom is -0.285 e. The van der Waals surface area contributed by atoms with Crippen LogP contribution in [0.5, 0.6) is 0 Å². The molecule has 4 nitrogen and oxygen atoms in total. The quantitative estimate of drug-likeness (QED) is 0.596. The van der Waals surface area contributed by atoms with Gasteiger partial charge in [-0.2, -0.15) is 13.2 Å². The maximum absolute atomic E-state index is 11.7. The molecule has 1 heterocycles. The molecule has 1 aromatic heterocycles. The number of aromatic nitrogens is 3. The van der Waals surface area contributed by atoms with Gasteiger partial charge in [-0.3, -0.25) is 4.98 Å². The molecule has 0 radical (unpaired) electrons. The molecule has 0 atom stereocenters. The molecule has 0 saturated carbocycles. The standard InChI is InChI=1S/C4H4F3N3O/c1-10-3(11)8-2(9-10)4(5,6)7/h1H3,(H,8,9,11). The molecule has 0 aliphatic rings. The lowest BCUT2D eigenvalue weighted by atomic mass is 10.6. The van der Waals surface area contributed by atoms with E-state index >= 15 is 0 Å². The fraction of sp³-hybridized carbons (Fsp3) is 0.500. The van der Waals surface area contributed by atoms with Crippen molar-refractivity contribution >= 4 is 0 Å². The molecule has 1 aromatic rings. The summed E-state index contributed by atoms with van der Waals surface area (Å²) in [7, 11) is 1.13. The Labute approximate surface area is 58.6 Å². The third-order valence-corrected chi connectivity index (χ3v) is 1.04. The van der Waals surface area contributed by atoms with Crippen LogP contribution < -0.4 is 5.69 Å². The smallest absolute Gasteiger partial charge is 0.285 e. The van der Waals surface area contributed by atoms with E-state index in [0.29, 0.717) is 4.68 Å². The van der Waals surface area contributed by atoms with E-state index in [-0.39, 0.29) is 0 Å². The van der Waals surface area contributed by atoms with Gasteiger partial charge in [-0.25, -0.2) is 9.48 Å². The van der Waals surface area contributed by atoms with E-state index in [2.05, 4.69) is 5.10 Å². The third kappa shape index (κ3) is 1.41. The molecule has 0 unspecified atom stereocenters. The predicted octanol–water partition coefficient (Wildman–Crippen LogP) is 0.127. The summed E-state index contributed by atoms with van der Waals surface area (Å²) in [5, 5.41) is 2.91.